The van der Waals surface area contributed by atoms with Gasteiger partial charge in [-0.15, -0.1) is 0 Å². The number of ether oxygens (including phenoxy) is 2. The van der Waals surface area contributed by atoms with Crippen molar-refractivity contribution in [3.05, 3.63) is 29.4 Å². The Labute approximate surface area is 214 Å². The highest BCUT2D eigenvalue weighted by molar-refractivity contribution is 14.1. The predicted molar refractivity (Wildman–Crippen MR) is 142 cm³/mol. The van der Waals surface area contributed by atoms with E-state index in [4.69, 9.17) is 21.1 Å². The molecule has 33 heavy (non-hydrogen) atoms. The van der Waals surface area contributed by atoms with Crippen molar-refractivity contribution in [3.63, 3.8) is 0 Å². The maximum atomic E-state index is 6.36. The van der Waals surface area contributed by atoms with E-state index in [0.29, 0.717) is 22.7 Å². The summed E-state index contributed by atoms with van der Waals surface area (Å²) in [7, 11) is 0. The number of anilines is 4. The molecule has 180 valence electrons. The predicted octanol–water partition coefficient (Wildman–Crippen LogP) is 4.97. The smallest absolute Gasteiger partial charge is 0.229 e. The average molecular weight is 587 g/mol. The van der Waals surface area contributed by atoms with Crippen molar-refractivity contribution in [2.75, 3.05) is 61.5 Å². The van der Waals surface area contributed by atoms with Crippen LogP contribution in [0.1, 0.15) is 26.7 Å². The third-order valence-corrected chi connectivity index (χ3v) is 7.05. The fourth-order valence-corrected chi connectivity index (χ4v) is 4.56. The molecule has 3 heterocycles. The van der Waals surface area contributed by atoms with Crippen LogP contribution in [0, 0.1) is 5.92 Å². The second kappa shape index (κ2) is 11.7. The van der Waals surface area contributed by atoms with E-state index in [1.807, 2.05) is 19.9 Å². The molecule has 1 aromatic carbocycles. The molecule has 0 aliphatic carbocycles. The number of aromatic nitrogens is 2. The summed E-state index contributed by atoms with van der Waals surface area (Å²) in [4.78, 5) is 11.4. The number of rotatable bonds is 8. The van der Waals surface area contributed by atoms with Crippen LogP contribution in [0.15, 0.2) is 24.4 Å². The summed E-state index contributed by atoms with van der Waals surface area (Å²) >= 11 is 8.75. The van der Waals surface area contributed by atoms with E-state index in [0.717, 1.165) is 75.9 Å². The first-order chi connectivity index (χ1) is 16.0. The second-order valence-electron chi connectivity index (χ2n) is 8.70. The highest BCUT2D eigenvalue weighted by Gasteiger charge is 2.18. The van der Waals surface area contributed by atoms with Gasteiger partial charge in [-0.05, 0) is 44.7 Å². The largest absolute Gasteiger partial charge is 0.489 e. The van der Waals surface area contributed by atoms with Gasteiger partial charge in [0.25, 0.3) is 0 Å². The summed E-state index contributed by atoms with van der Waals surface area (Å²) in [6, 6.07) is 6.26. The molecule has 4 rings (SSSR count). The SMILES string of the molecule is CC(C)Oc1cc(N2CCN(I)CC2)ccc1Nc1ncc(Cl)c(NCC2CCOCC2)n1. The molecule has 2 saturated heterocycles. The van der Waals surface area contributed by atoms with Crippen LogP contribution in [0.2, 0.25) is 5.02 Å². The molecule has 0 atom stereocenters. The normalized spacial score (nSPS) is 17.9. The summed E-state index contributed by atoms with van der Waals surface area (Å²) in [5.74, 6) is 2.47. The number of hydrogen-bond donors (Lipinski definition) is 2. The molecule has 2 aliphatic rings. The zero-order valence-electron chi connectivity index (χ0n) is 19.2. The maximum Gasteiger partial charge on any atom is 0.229 e. The molecule has 0 bridgehead atoms. The van der Waals surface area contributed by atoms with Gasteiger partial charge >= 0.3 is 0 Å². The third-order valence-electron chi connectivity index (χ3n) is 5.81. The Kier molecular flexibility index (Phi) is 8.72. The summed E-state index contributed by atoms with van der Waals surface area (Å²) in [6.45, 7) is 10.6. The fourth-order valence-electron chi connectivity index (χ4n) is 3.97. The van der Waals surface area contributed by atoms with Crippen molar-refractivity contribution < 1.29 is 9.47 Å². The van der Waals surface area contributed by atoms with Crippen molar-refractivity contribution in [3.8, 4) is 5.75 Å². The Morgan fingerprint density at radius 3 is 2.70 bits per heavy atom. The third kappa shape index (κ3) is 6.97. The first kappa shape index (κ1) is 24.6. The van der Waals surface area contributed by atoms with Gasteiger partial charge in [0, 0.05) is 80.6 Å². The zero-order chi connectivity index (χ0) is 23.2. The quantitative estimate of drug-likeness (QED) is 0.332. The molecule has 8 nitrogen and oxygen atoms in total. The van der Waals surface area contributed by atoms with Crippen LogP contribution < -0.4 is 20.3 Å². The Morgan fingerprint density at radius 1 is 1.21 bits per heavy atom. The van der Waals surface area contributed by atoms with Crippen LogP contribution >= 0.6 is 34.5 Å². The van der Waals surface area contributed by atoms with E-state index in [-0.39, 0.29) is 6.10 Å². The molecular weight excluding hydrogens is 555 g/mol. The zero-order valence-corrected chi connectivity index (χ0v) is 22.1. The van der Waals surface area contributed by atoms with Crippen molar-refractivity contribution >= 4 is 57.6 Å². The summed E-state index contributed by atoms with van der Waals surface area (Å²) < 4.78 is 13.9. The Balaban J connectivity index is 1.48. The molecule has 2 fully saturated rings. The number of halogens is 2. The molecule has 0 radical (unpaired) electrons. The molecule has 1 aromatic heterocycles. The van der Waals surface area contributed by atoms with E-state index in [2.05, 4.69) is 63.6 Å². The number of hydrogen-bond acceptors (Lipinski definition) is 8. The average Bonchev–Trinajstić information content (AvgIpc) is 2.81. The lowest BCUT2D eigenvalue weighted by Crippen LogP contribution is -2.42. The Hall–Kier alpha value is -1.56. The molecule has 10 heteroatoms. The summed E-state index contributed by atoms with van der Waals surface area (Å²) in [6.07, 6.45) is 3.78. The van der Waals surface area contributed by atoms with Crippen LogP contribution in [0.5, 0.6) is 5.75 Å². The minimum absolute atomic E-state index is 0.0508. The van der Waals surface area contributed by atoms with Gasteiger partial charge in [0.1, 0.15) is 10.8 Å². The highest BCUT2D eigenvalue weighted by atomic mass is 127. The van der Waals surface area contributed by atoms with E-state index in [9.17, 15) is 0 Å². The monoisotopic (exact) mass is 586 g/mol. The molecule has 0 unspecified atom stereocenters. The highest BCUT2D eigenvalue weighted by Crippen LogP contribution is 2.33. The van der Waals surface area contributed by atoms with Crippen LogP contribution in [-0.2, 0) is 4.74 Å². The van der Waals surface area contributed by atoms with Gasteiger partial charge in [-0.3, -0.25) is 0 Å². The summed E-state index contributed by atoms with van der Waals surface area (Å²) in [5, 5.41) is 7.23. The minimum atomic E-state index is 0.0508. The van der Waals surface area contributed by atoms with Gasteiger partial charge in [0.2, 0.25) is 5.95 Å². The number of benzene rings is 1. The van der Waals surface area contributed by atoms with Gasteiger partial charge in [0.05, 0.1) is 18.0 Å². The van der Waals surface area contributed by atoms with E-state index in [1.165, 1.54) is 0 Å². The second-order valence-corrected chi connectivity index (χ2v) is 10.5. The van der Waals surface area contributed by atoms with Crippen LogP contribution in [0.4, 0.5) is 23.1 Å². The van der Waals surface area contributed by atoms with Crippen molar-refractivity contribution in [2.24, 2.45) is 5.92 Å². The first-order valence-corrected chi connectivity index (χ1v) is 12.9. The van der Waals surface area contributed by atoms with Crippen LogP contribution in [0.3, 0.4) is 0 Å². The van der Waals surface area contributed by atoms with Gasteiger partial charge in [-0.1, -0.05) is 11.6 Å². The maximum absolute atomic E-state index is 6.36. The Morgan fingerprint density at radius 2 is 1.97 bits per heavy atom. The van der Waals surface area contributed by atoms with Crippen molar-refractivity contribution in [2.45, 2.75) is 32.8 Å². The van der Waals surface area contributed by atoms with Crippen molar-refractivity contribution in [1.82, 2.24) is 13.1 Å². The topological polar surface area (TPSA) is 74.8 Å². The van der Waals surface area contributed by atoms with E-state index >= 15 is 0 Å². The number of nitrogens with zero attached hydrogens (tertiary/aromatic N) is 4. The molecule has 2 aliphatic heterocycles. The Bertz CT molecular complexity index is 920. The lowest BCUT2D eigenvalue weighted by atomic mass is 10.0. The van der Waals surface area contributed by atoms with Gasteiger partial charge in [0.15, 0.2) is 5.82 Å². The lowest BCUT2D eigenvalue weighted by molar-refractivity contribution is 0.0699. The minimum Gasteiger partial charge on any atom is -0.489 e. The van der Waals surface area contributed by atoms with E-state index < -0.39 is 0 Å². The number of piperazine rings is 1. The molecule has 2 aromatic rings. The molecule has 2 N–H and O–H groups in total. The molecular formula is C23H32ClIN6O2. The molecule has 0 saturated carbocycles. The van der Waals surface area contributed by atoms with Gasteiger partial charge in [-0.25, -0.2) is 8.10 Å². The van der Waals surface area contributed by atoms with Crippen LogP contribution in [-0.4, -0.2) is 65.1 Å². The van der Waals surface area contributed by atoms with E-state index in [1.54, 1.807) is 6.20 Å². The fraction of sp³-hybridized carbons (Fsp3) is 0.565. The number of nitrogens with one attached hydrogen (secondary N) is 2. The lowest BCUT2D eigenvalue weighted by Gasteiger charge is -2.33. The first-order valence-electron chi connectivity index (χ1n) is 11.6. The van der Waals surface area contributed by atoms with Crippen LogP contribution in [0.25, 0.3) is 0 Å². The standard InChI is InChI=1S/C23H32ClIN6O2/c1-16(2)33-21-13-18(30-7-9-31(25)10-8-30)3-4-20(21)28-23-27-15-19(24)22(29-23)26-14-17-5-11-32-12-6-17/h3-4,13,15-17H,5-12,14H2,1-2H3,(H2,26,27,28,29). The van der Waals surface area contributed by atoms with Gasteiger partial charge < -0.3 is 25.0 Å². The molecule has 0 amide bonds. The van der Waals surface area contributed by atoms with Crippen molar-refractivity contribution in [1.29, 1.82) is 0 Å². The molecule has 0 spiro atoms. The summed E-state index contributed by atoms with van der Waals surface area (Å²) in [5.41, 5.74) is 1.99. The van der Waals surface area contributed by atoms with Gasteiger partial charge in [-0.2, -0.15) is 4.98 Å².